The molecule has 0 spiro atoms. The molecule has 6 nitrogen and oxygen atoms in total. The molecule has 25 heavy (non-hydrogen) atoms. The first kappa shape index (κ1) is 18.6. The average Bonchev–Trinajstić information content (AvgIpc) is 3.13. The summed E-state index contributed by atoms with van der Waals surface area (Å²) in [6, 6.07) is 11.0. The summed E-state index contributed by atoms with van der Waals surface area (Å²) in [6.07, 6.45) is 1.95. The molecule has 0 fully saturated rings. The number of benzene rings is 1. The molecule has 0 radical (unpaired) electrons. The SMILES string of the molecule is CCOc1ccc(CC(=O)N(CCC(=O)OC)Cc2ccco2)cc1. The molecular weight excluding hydrogens is 322 g/mol. The second-order valence-corrected chi connectivity index (χ2v) is 5.47. The number of carbonyl (C=O) groups excluding carboxylic acids is 2. The Hall–Kier alpha value is -2.76. The molecule has 1 heterocycles. The maximum atomic E-state index is 12.7. The number of hydrogen-bond acceptors (Lipinski definition) is 5. The van der Waals surface area contributed by atoms with Crippen molar-refractivity contribution in [3.8, 4) is 5.75 Å². The molecule has 0 unspecified atom stereocenters. The average molecular weight is 345 g/mol. The molecule has 0 N–H and O–H groups in total. The van der Waals surface area contributed by atoms with E-state index in [0.29, 0.717) is 18.9 Å². The van der Waals surface area contributed by atoms with Gasteiger partial charge in [0.2, 0.25) is 5.91 Å². The van der Waals surface area contributed by atoms with E-state index in [2.05, 4.69) is 4.74 Å². The topological polar surface area (TPSA) is 69.0 Å². The molecule has 0 bridgehead atoms. The van der Waals surface area contributed by atoms with Crippen molar-refractivity contribution in [3.63, 3.8) is 0 Å². The summed E-state index contributed by atoms with van der Waals surface area (Å²) in [5.74, 6) is 1.02. The summed E-state index contributed by atoms with van der Waals surface area (Å²) in [7, 11) is 1.33. The van der Waals surface area contributed by atoms with Crippen molar-refractivity contribution in [2.45, 2.75) is 26.3 Å². The van der Waals surface area contributed by atoms with Gasteiger partial charge >= 0.3 is 5.97 Å². The van der Waals surface area contributed by atoms with E-state index < -0.39 is 0 Å². The summed E-state index contributed by atoms with van der Waals surface area (Å²) in [4.78, 5) is 25.7. The summed E-state index contributed by atoms with van der Waals surface area (Å²) >= 11 is 0. The first-order valence-corrected chi connectivity index (χ1v) is 8.21. The van der Waals surface area contributed by atoms with Gasteiger partial charge in [-0.15, -0.1) is 0 Å². The van der Waals surface area contributed by atoms with Crippen LogP contribution in [0.2, 0.25) is 0 Å². The Morgan fingerprint density at radius 2 is 1.92 bits per heavy atom. The van der Waals surface area contributed by atoms with Crippen LogP contribution in [-0.2, 0) is 27.3 Å². The lowest BCUT2D eigenvalue weighted by molar-refractivity contribution is -0.141. The van der Waals surface area contributed by atoms with Crippen LogP contribution in [0.25, 0.3) is 0 Å². The van der Waals surface area contributed by atoms with Gasteiger partial charge in [-0.1, -0.05) is 12.1 Å². The quantitative estimate of drug-likeness (QED) is 0.654. The number of ether oxygens (including phenoxy) is 2. The number of carbonyl (C=O) groups is 2. The Bertz CT molecular complexity index is 664. The Balaban J connectivity index is 2.01. The molecule has 0 atom stereocenters. The Kier molecular flexibility index (Phi) is 7.07. The summed E-state index contributed by atoms with van der Waals surface area (Å²) in [5, 5.41) is 0. The van der Waals surface area contributed by atoms with Crippen LogP contribution in [0.15, 0.2) is 47.1 Å². The normalized spacial score (nSPS) is 10.3. The molecule has 2 rings (SSSR count). The van der Waals surface area contributed by atoms with E-state index in [0.717, 1.165) is 11.3 Å². The Morgan fingerprint density at radius 1 is 1.16 bits per heavy atom. The van der Waals surface area contributed by atoms with E-state index in [1.807, 2.05) is 31.2 Å². The number of esters is 1. The molecule has 1 aromatic carbocycles. The van der Waals surface area contributed by atoms with Crippen LogP contribution in [0.5, 0.6) is 5.75 Å². The maximum Gasteiger partial charge on any atom is 0.307 e. The Labute approximate surface area is 147 Å². The fourth-order valence-corrected chi connectivity index (χ4v) is 2.37. The largest absolute Gasteiger partial charge is 0.494 e. The maximum absolute atomic E-state index is 12.7. The van der Waals surface area contributed by atoms with Gasteiger partial charge in [0, 0.05) is 6.54 Å². The van der Waals surface area contributed by atoms with Gasteiger partial charge in [-0.3, -0.25) is 9.59 Å². The zero-order chi connectivity index (χ0) is 18.1. The highest BCUT2D eigenvalue weighted by Gasteiger charge is 2.17. The van der Waals surface area contributed by atoms with Crippen LogP contribution >= 0.6 is 0 Å². The molecule has 134 valence electrons. The second-order valence-electron chi connectivity index (χ2n) is 5.47. The molecule has 0 saturated carbocycles. The summed E-state index contributed by atoms with van der Waals surface area (Å²) in [6.45, 7) is 3.12. The predicted octanol–water partition coefficient (Wildman–Crippen LogP) is 2.81. The highest BCUT2D eigenvalue weighted by atomic mass is 16.5. The molecule has 6 heteroatoms. The Morgan fingerprint density at radius 3 is 2.52 bits per heavy atom. The number of hydrogen-bond donors (Lipinski definition) is 0. The van der Waals surface area contributed by atoms with Gasteiger partial charge in [-0.2, -0.15) is 0 Å². The van der Waals surface area contributed by atoms with Crippen molar-refractivity contribution in [3.05, 3.63) is 54.0 Å². The highest BCUT2D eigenvalue weighted by molar-refractivity contribution is 5.79. The fourth-order valence-electron chi connectivity index (χ4n) is 2.37. The van der Waals surface area contributed by atoms with E-state index in [9.17, 15) is 9.59 Å². The third-order valence-corrected chi connectivity index (χ3v) is 3.68. The van der Waals surface area contributed by atoms with Crippen molar-refractivity contribution in [2.75, 3.05) is 20.3 Å². The highest BCUT2D eigenvalue weighted by Crippen LogP contribution is 2.14. The monoisotopic (exact) mass is 345 g/mol. The molecule has 1 aromatic heterocycles. The number of methoxy groups -OCH3 is 1. The van der Waals surface area contributed by atoms with Crippen LogP contribution in [0.1, 0.15) is 24.7 Å². The minimum Gasteiger partial charge on any atom is -0.494 e. The van der Waals surface area contributed by atoms with Gasteiger partial charge < -0.3 is 18.8 Å². The second kappa shape index (κ2) is 9.52. The van der Waals surface area contributed by atoms with Gasteiger partial charge in [0.15, 0.2) is 0 Å². The van der Waals surface area contributed by atoms with Crippen LogP contribution in [0.4, 0.5) is 0 Å². The summed E-state index contributed by atoms with van der Waals surface area (Å²) < 4.78 is 15.4. The van der Waals surface area contributed by atoms with E-state index in [-0.39, 0.29) is 31.3 Å². The molecule has 0 aliphatic heterocycles. The molecule has 0 aliphatic rings. The van der Waals surface area contributed by atoms with Crippen molar-refractivity contribution in [1.82, 2.24) is 4.90 Å². The minimum absolute atomic E-state index is 0.0792. The van der Waals surface area contributed by atoms with Crippen molar-refractivity contribution >= 4 is 11.9 Å². The lowest BCUT2D eigenvalue weighted by Gasteiger charge is -2.21. The zero-order valence-electron chi connectivity index (χ0n) is 14.6. The number of nitrogens with zero attached hydrogens (tertiary/aromatic N) is 1. The lowest BCUT2D eigenvalue weighted by atomic mass is 10.1. The van der Waals surface area contributed by atoms with E-state index in [4.69, 9.17) is 9.15 Å². The fraction of sp³-hybridized carbons (Fsp3) is 0.368. The zero-order valence-corrected chi connectivity index (χ0v) is 14.6. The number of rotatable bonds is 9. The minimum atomic E-state index is -0.349. The molecule has 1 amide bonds. The third-order valence-electron chi connectivity index (χ3n) is 3.68. The van der Waals surface area contributed by atoms with E-state index >= 15 is 0 Å². The van der Waals surface area contributed by atoms with Gasteiger partial charge in [-0.05, 0) is 36.8 Å². The first-order valence-electron chi connectivity index (χ1n) is 8.21. The lowest BCUT2D eigenvalue weighted by Crippen LogP contribution is -2.33. The molecular formula is C19H23NO5. The standard InChI is InChI=1S/C19H23NO5/c1-3-24-16-8-6-15(7-9-16)13-18(21)20(11-10-19(22)23-2)14-17-5-4-12-25-17/h4-9,12H,3,10-11,13-14H2,1-2H3. The van der Waals surface area contributed by atoms with Crippen LogP contribution in [0, 0.1) is 0 Å². The van der Waals surface area contributed by atoms with Gasteiger partial charge in [0.25, 0.3) is 0 Å². The van der Waals surface area contributed by atoms with Gasteiger partial charge in [0.05, 0.1) is 39.4 Å². The van der Waals surface area contributed by atoms with Crippen LogP contribution < -0.4 is 4.74 Å². The molecule has 0 saturated heterocycles. The van der Waals surface area contributed by atoms with Crippen molar-refractivity contribution < 1.29 is 23.5 Å². The van der Waals surface area contributed by atoms with E-state index in [1.54, 1.807) is 23.3 Å². The van der Waals surface area contributed by atoms with Crippen molar-refractivity contribution in [1.29, 1.82) is 0 Å². The summed E-state index contributed by atoms with van der Waals surface area (Å²) in [5.41, 5.74) is 0.885. The molecule has 0 aliphatic carbocycles. The van der Waals surface area contributed by atoms with Crippen molar-refractivity contribution in [2.24, 2.45) is 0 Å². The number of amides is 1. The predicted molar refractivity (Wildman–Crippen MR) is 92.1 cm³/mol. The number of furan rings is 1. The third kappa shape index (κ3) is 5.99. The van der Waals surface area contributed by atoms with Gasteiger partial charge in [0.1, 0.15) is 11.5 Å². The molecule has 2 aromatic rings. The van der Waals surface area contributed by atoms with E-state index in [1.165, 1.54) is 7.11 Å². The van der Waals surface area contributed by atoms with Gasteiger partial charge in [-0.25, -0.2) is 0 Å². The smallest absolute Gasteiger partial charge is 0.307 e. The van der Waals surface area contributed by atoms with Crippen LogP contribution in [0.3, 0.4) is 0 Å². The first-order chi connectivity index (χ1) is 12.1. The van der Waals surface area contributed by atoms with Crippen LogP contribution in [-0.4, -0.2) is 37.0 Å².